The van der Waals surface area contributed by atoms with Crippen LogP contribution < -0.4 is 10.1 Å². The molecule has 0 saturated carbocycles. The van der Waals surface area contributed by atoms with Gasteiger partial charge in [0.25, 0.3) is 0 Å². The Labute approximate surface area is 119 Å². The predicted molar refractivity (Wildman–Crippen MR) is 79.2 cm³/mol. The average Bonchev–Trinajstić information content (AvgIpc) is 2.91. The van der Waals surface area contributed by atoms with E-state index in [1.54, 1.807) is 6.26 Å². The van der Waals surface area contributed by atoms with Gasteiger partial charge >= 0.3 is 0 Å². The van der Waals surface area contributed by atoms with Crippen LogP contribution in [0.4, 0.5) is 0 Å². The number of hydrogen-bond donors (Lipinski definition) is 1. The largest absolute Gasteiger partial charge is 0.493 e. The highest BCUT2D eigenvalue weighted by Gasteiger charge is 2.26. The topological polar surface area (TPSA) is 34.4 Å². The molecule has 3 heteroatoms. The van der Waals surface area contributed by atoms with Gasteiger partial charge in [-0.1, -0.05) is 18.2 Å². The van der Waals surface area contributed by atoms with Crippen LogP contribution >= 0.6 is 0 Å². The van der Waals surface area contributed by atoms with Gasteiger partial charge in [0.05, 0.1) is 18.9 Å². The van der Waals surface area contributed by atoms with Crippen LogP contribution in [-0.2, 0) is 0 Å². The molecular formula is C17H21NO2. The van der Waals surface area contributed by atoms with Crippen LogP contribution in [0.1, 0.15) is 41.7 Å². The first-order valence-corrected chi connectivity index (χ1v) is 7.22. The van der Waals surface area contributed by atoms with Crippen LogP contribution in [-0.4, -0.2) is 13.7 Å². The summed E-state index contributed by atoms with van der Waals surface area (Å²) in [4.78, 5) is 0. The Balaban J connectivity index is 1.82. The summed E-state index contributed by atoms with van der Waals surface area (Å²) in [5.74, 6) is 2.60. The van der Waals surface area contributed by atoms with E-state index in [1.807, 2.05) is 19.2 Å². The first kappa shape index (κ1) is 13.3. The second kappa shape index (κ2) is 5.71. The first-order chi connectivity index (χ1) is 9.79. The quantitative estimate of drug-likeness (QED) is 0.918. The third kappa shape index (κ3) is 2.46. The SMILES string of the molecule is CNC(CC1CCOc2ccccc21)c1occc1C. The number of aryl methyl sites for hydroxylation is 1. The minimum atomic E-state index is 0.251. The van der Waals surface area contributed by atoms with Crippen molar-refractivity contribution in [1.82, 2.24) is 5.32 Å². The second-order valence-electron chi connectivity index (χ2n) is 5.42. The summed E-state index contributed by atoms with van der Waals surface area (Å²) in [6.45, 7) is 2.90. The number of ether oxygens (including phenoxy) is 1. The highest BCUT2D eigenvalue weighted by atomic mass is 16.5. The normalized spacial score (nSPS) is 19.2. The third-order valence-electron chi connectivity index (χ3n) is 4.17. The number of rotatable bonds is 4. The Morgan fingerprint density at radius 2 is 2.15 bits per heavy atom. The van der Waals surface area contributed by atoms with Crippen molar-refractivity contribution in [3.05, 3.63) is 53.5 Å². The van der Waals surface area contributed by atoms with E-state index in [4.69, 9.17) is 9.15 Å². The van der Waals surface area contributed by atoms with Gasteiger partial charge in [-0.25, -0.2) is 0 Å². The molecule has 3 nitrogen and oxygen atoms in total. The molecule has 20 heavy (non-hydrogen) atoms. The molecule has 1 N–H and O–H groups in total. The number of nitrogens with one attached hydrogen (secondary N) is 1. The zero-order valence-corrected chi connectivity index (χ0v) is 12.1. The molecule has 1 aromatic heterocycles. The van der Waals surface area contributed by atoms with Gasteiger partial charge in [0.2, 0.25) is 0 Å². The fourth-order valence-corrected chi connectivity index (χ4v) is 3.04. The molecule has 1 aliphatic rings. The summed E-state index contributed by atoms with van der Waals surface area (Å²) < 4.78 is 11.4. The van der Waals surface area contributed by atoms with Crippen molar-refractivity contribution in [2.45, 2.75) is 31.7 Å². The lowest BCUT2D eigenvalue weighted by Gasteiger charge is -2.28. The van der Waals surface area contributed by atoms with E-state index in [-0.39, 0.29) is 6.04 Å². The highest BCUT2D eigenvalue weighted by molar-refractivity contribution is 5.38. The first-order valence-electron chi connectivity index (χ1n) is 7.22. The fraction of sp³-hybridized carbons (Fsp3) is 0.412. The maximum absolute atomic E-state index is 5.74. The Morgan fingerprint density at radius 1 is 1.30 bits per heavy atom. The van der Waals surface area contributed by atoms with Gasteiger partial charge in [-0.2, -0.15) is 0 Å². The smallest absolute Gasteiger partial charge is 0.123 e. The summed E-state index contributed by atoms with van der Waals surface area (Å²) in [5.41, 5.74) is 2.54. The molecule has 2 aromatic rings. The molecular weight excluding hydrogens is 250 g/mol. The van der Waals surface area contributed by atoms with Crippen molar-refractivity contribution in [1.29, 1.82) is 0 Å². The molecule has 0 radical (unpaired) electrons. The molecule has 0 aliphatic carbocycles. The molecule has 2 unspecified atom stereocenters. The number of hydrogen-bond acceptors (Lipinski definition) is 3. The molecule has 0 fully saturated rings. The molecule has 1 aliphatic heterocycles. The van der Waals surface area contributed by atoms with E-state index < -0.39 is 0 Å². The van der Waals surface area contributed by atoms with Crippen LogP contribution in [0.3, 0.4) is 0 Å². The third-order valence-corrected chi connectivity index (χ3v) is 4.17. The van der Waals surface area contributed by atoms with Crippen molar-refractivity contribution in [2.75, 3.05) is 13.7 Å². The molecule has 0 amide bonds. The maximum Gasteiger partial charge on any atom is 0.123 e. The van der Waals surface area contributed by atoms with Gasteiger partial charge in [0.15, 0.2) is 0 Å². The van der Waals surface area contributed by atoms with Crippen LogP contribution in [0.2, 0.25) is 0 Å². The minimum absolute atomic E-state index is 0.251. The van der Waals surface area contributed by atoms with E-state index in [1.165, 1.54) is 11.1 Å². The summed E-state index contributed by atoms with van der Waals surface area (Å²) in [6.07, 6.45) is 3.87. The van der Waals surface area contributed by atoms with Crippen molar-refractivity contribution in [2.24, 2.45) is 0 Å². The molecule has 2 atom stereocenters. The van der Waals surface area contributed by atoms with Crippen LogP contribution in [0.5, 0.6) is 5.75 Å². The second-order valence-corrected chi connectivity index (χ2v) is 5.42. The lowest BCUT2D eigenvalue weighted by atomic mass is 9.86. The molecule has 106 valence electrons. The number of fused-ring (bicyclic) bond motifs is 1. The lowest BCUT2D eigenvalue weighted by molar-refractivity contribution is 0.252. The molecule has 2 heterocycles. The van der Waals surface area contributed by atoms with Crippen molar-refractivity contribution in [3.63, 3.8) is 0 Å². The van der Waals surface area contributed by atoms with E-state index in [0.717, 1.165) is 31.0 Å². The van der Waals surface area contributed by atoms with Gasteiger partial charge in [0, 0.05) is 0 Å². The van der Waals surface area contributed by atoms with E-state index in [0.29, 0.717) is 5.92 Å². The standard InChI is InChI=1S/C17H21NO2/c1-12-7-9-20-17(12)15(18-2)11-13-8-10-19-16-6-4-3-5-14(13)16/h3-7,9,13,15,18H,8,10-11H2,1-2H3. The number of furan rings is 1. The number of para-hydroxylation sites is 1. The van der Waals surface area contributed by atoms with Crippen LogP contribution in [0.15, 0.2) is 41.0 Å². The average molecular weight is 271 g/mol. The summed E-state index contributed by atoms with van der Waals surface area (Å²) in [7, 11) is 2.00. The molecule has 0 bridgehead atoms. The molecule has 0 saturated heterocycles. The predicted octanol–water partition coefficient (Wildman–Crippen LogP) is 3.80. The van der Waals surface area contributed by atoms with Crippen molar-refractivity contribution >= 4 is 0 Å². The Morgan fingerprint density at radius 3 is 2.90 bits per heavy atom. The molecule has 1 aromatic carbocycles. The molecule has 3 rings (SSSR count). The number of benzene rings is 1. The van der Waals surface area contributed by atoms with Crippen LogP contribution in [0, 0.1) is 6.92 Å². The Bertz CT molecular complexity index is 576. The Kier molecular flexibility index (Phi) is 3.79. The van der Waals surface area contributed by atoms with Gasteiger partial charge < -0.3 is 14.5 Å². The Hall–Kier alpha value is -1.74. The van der Waals surface area contributed by atoms with Gasteiger partial charge in [0.1, 0.15) is 11.5 Å². The van der Waals surface area contributed by atoms with Crippen LogP contribution in [0.25, 0.3) is 0 Å². The highest BCUT2D eigenvalue weighted by Crippen LogP contribution is 2.39. The maximum atomic E-state index is 5.74. The van der Waals surface area contributed by atoms with E-state index >= 15 is 0 Å². The van der Waals surface area contributed by atoms with Crippen molar-refractivity contribution in [3.8, 4) is 5.75 Å². The van der Waals surface area contributed by atoms with Gasteiger partial charge in [-0.05, 0) is 56.0 Å². The lowest BCUT2D eigenvalue weighted by Crippen LogP contribution is -2.22. The summed E-state index contributed by atoms with van der Waals surface area (Å²) in [6, 6.07) is 10.6. The monoisotopic (exact) mass is 271 g/mol. The van der Waals surface area contributed by atoms with E-state index in [2.05, 4.69) is 30.4 Å². The minimum Gasteiger partial charge on any atom is -0.493 e. The molecule has 0 spiro atoms. The van der Waals surface area contributed by atoms with E-state index in [9.17, 15) is 0 Å². The van der Waals surface area contributed by atoms with Gasteiger partial charge in [-0.3, -0.25) is 0 Å². The summed E-state index contributed by atoms with van der Waals surface area (Å²) in [5, 5.41) is 3.39. The van der Waals surface area contributed by atoms with Crippen molar-refractivity contribution < 1.29 is 9.15 Å². The fourth-order valence-electron chi connectivity index (χ4n) is 3.04. The zero-order valence-electron chi connectivity index (χ0n) is 12.1. The van der Waals surface area contributed by atoms with Gasteiger partial charge in [-0.15, -0.1) is 0 Å². The zero-order chi connectivity index (χ0) is 13.9. The summed E-state index contributed by atoms with van der Waals surface area (Å²) >= 11 is 0.